The van der Waals surface area contributed by atoms with Crippen LogP contribution in [0.15, 0.2) is 65.2 Å². The molecule has 1 aromatic rings. The van der Waals surface area contributed by atoms with Crippen molar-refractivity contribution in [1.82, 2.24) is 0 Å². The van der Waals surface area contributed by atoms with Crippen molar-refractivity contribution in [3.63, 3.8) is 0 Å². The number of amides is 1. The van der Waals surface area contributed by atoms with Crippen molar-refractivity contribution in [3.05, 3.63) is 71.4 Å². The first-order chi connectivity index (χ1) is 12.4. The molecule has 136 valence electrons. The highest BCUT2D eigenvalue weighted by Gasteiger charge is 2.15. The molecule has 5 nitrogen and oxygen atoms in total. The number of nitrogens with zero attached hydrogens (tertiary/aromatic N) is 1. The molecule has 0 saturated heterocycles. The van der Waals surface area contributed by atoms with Crippen molar-refractivity contribution in [3.8, 4) is 5.75 Å². The number of carbonyl (C=O) groups is 1. The lowest BCUT2D eigenvalue weighted by Crippen LogP contribution is -2.24. The fourth-order valence-electron chi connectivity index (χ4n) is 2.39. The number of fused-ring (bicyclic) bond motifs is 1. The van der Waals surface area contributed by atoms with Crippen LogP contribution in [-0.4, -0.2) is 24.6 Å². The fraction of sp³-hybridized carbons (Fsp3) is 0.200. The fourth-order valence-corrected chi connectivity index (χ4v) is 2.39. The van der Waals surface area contributed by atoms with E-state index >= 15 is 0 Å². The van der Waals surface area contributed by atoms with Gasteiger partial charge in [-0.3, -0.25) is 4.79 Å². The largest absolute Gasteiger partial charge is 0.489 e. The third kappa shape index (κ3) is 5.44. The first kappa shape index (κ1) is 19.2. The summed E-state index contributed by atoms with van der Waals surface area (Å²) < 4.78 is 19.2. The summed E-state index contributed by atoms with van der Waals surface area (Å²) >= 11 is 0. The average Bonchev–Trinajstić information content (AvgIpc) is 2.57. The molecule has 0 saturated carbocycles. The highest BCUT2D eigenvalue weighted by Crippen LogP contribution is 2.31. The SMILES string of the molecule is CC(C)=CC(F)C=C/C=C/C1=CCOc2ccc(C(=O)N=C(N)N)cc21. The summed E-state index contributed by atoms with van der Waals surface area (Å²) in [5, 5.41) is 0. The van der Waals surface area contributed by atoms with Gasteiger partial charge in [0.15, 0.2) is 5.96 Å². The van der Waals surface area contributed by atoms with Crippen LogP contribution in [0.25, 0.3) is 5.57 Å². The summed E-state index contributed by atoms with van der Waals surface area (Å²) in [5.74, 6) is -0.157. The molecule has 1 amide bonds. The molecule has 1 atom stereocenters. The number of alkyl halides is 1. The first-order valence-electron chi connectivity index (χ1n) is 8.12. The smallest absolute Gasteiger partial charge is 0.280 e. The van der Waals surface area contributed by atoms with E-state index < -0.39 is 12.1 Å². The van der Waals surface area contributed by atoms with Crippen LogP contribution in [0.3, 0.4) is 0 Å². The van der Waals surface area contributed by atoms with Gasteiger partial charge in [-0.05, 0) is 55.8 Å². The third-order valence-electron chi connectivity index (χ3n) is 3.48. The monoisotopic (exact) mass is 355 g/mol. The zero-order valence-corrected chi connectivity index (χ0v) is 14.8. The number of hydrogen-bond acceptors (Lipinski definition) is 2. The van der Waals surface area contributed by atoms with Crippen molar-refractivity contribution in [1.29, 1.82) is 0 Å². The number of aliphatic imine (C=N–C) groups is 1. The number of carbonyl (C=O) groups excluding carboxylic acids is 1. The van der Waals surface area contributed by atoms with Crippen LogP contribution in [0.4, 0.5) is 4.39 Å². The molecule has 1 aromatic carbocycles. The van der Waals surface area contributed by atoms with Gasteiger partial charge in [0.2, 0.25) is 0 Å². The Morgan fingerprint density at radius 2 is 2.08 bits per heavy atom. The number of hydrogen-bond donors (Lipinski definition) is 2. The lowest BCUT2D eigenvalue weighted by atomic mass is 9.99. The van der Waals surface area contributed by atoms with E-state index in [0.29, 0.717) is 17.9 Å². The van der Waals surface area contributed by atoms with E-state index in [2.05, 4.69) is 4.99 Å². The molecule has 0 aliphatic carbocycles. The van der Waals surface area contributed by atoms with Gasteiger partial charge in [-0.15, -0.1) is 0 Å². The lowest BCUT2D eigenvalue weighted by Gasteiger charge is -2.17. The van der Waals surface area contributed by atoms with Gasteiger partial charge in [-0.1, -0.05) is 23.8 Å². The number of rotatable bonds is 5. The number of nitrogens with two attached hydrogens (primary N) is 2. The predicted octanol–water partition coefficient (Wildman–Crippen LogP) is 3.29. The molecule has 26 heavy (non-hydrogen) atoms. The second-order valence-corrected chi connectivity index (χ2v) is 5.96. The molecular weight excluding hydrogens is 333 g/mol. The van der Waals surface area contributed by atoms with Crippen LogP contribution < -0.4 is 16.2 Å². The van der Waals surface area contributed by atoms with E-state index in [-0.39, 0.29) is 5.96 Å². The third-order valence-corrected chi connectivity index (χ3v) is 3.48. The maximum absolute atomic E-state index is 13.6. The van der Waals surface area contributed by atoms with Crippen LogP contribution in [-0.2, 0) is 0 Å². The zero-order valence-electron chi connectivity index (χ0n) is 14.8. The van der Waals surface area contributed by atoms with Gasteiger partial charge in [-0.25, -0.2) is 4.39 Å². The molecule has 4 N–H and O–H groups in total. The van der Waals surface area contributed by atoms with Crippen LogP contribution in [0.2, 0.25) is 0 Å². The Balaban J connectivity index is 2.20. The Morgan fingerprint density at radius 1 is 1.31 bits per heavy atom. The standard InChI is InChI=1S/C20H22FN3O2/c1-13(2)11-16(21)6-4-3-5-14-9-10-26-18-8-7-15(12-17(14)18)19(25)24-20(22)23/h3-9,11-12,16H,10H2,1-2H3,(H4,22,23,24,25)/b5-3+,6-4?. The van der Waals surface area contributed by atoms with Crippen LogP contribution >= 0.6 is 0 Å². The quantitative estimate of drug-likeness (QED) is 0.367. The molecule has 0 spiro atoms. The van der Waals surface area contributed by atoms with E-state index in [1.165, 1.54) is 12.2 Å². The number of guanidine groups is 1. The Labute approximate surface area is 152 Å². The average molecular weight is 355 g/mol. The molecule has 0 fully saturated rings. The Kier molecular flexibility index (Phi) is 6.49. The van der Waals surface area contributed by atoms with E-state index in [9.17, 15) is 9.18 Å². The molecule has 1 aliphatic heterocycles. The number of allylic oxidation sites excluding steroid dienone is 7. The van der Waals surface area contributed by atoms with Gasteiger partial charge in [-0.2, -0.15) is 4.99 Å². The zero-order chi connectivity index (χ0) is 19.1. The van der Waals surface area contributed by atoms with Gasteiger partial charge in [0, 0.05) is 11.1 Å². The van der Waals surface area contributed by atoms with E-state index in [1.54, 1.807) is 30.4 Å². The summed E-state index contributed by atoms with van der Waals surface area (Å²) in [5.41, 5.74) is 13.4. The highest BCUT2D eigenvalue weighted by atomic mass is 19.1. The van der Waals surface area contributed by atoms with Gasteiger partial charge >= 0.3 is 0 Å². The van der Waals surface area contributed by atoms with Crippen molar-refractivity contribution in [2.45, 2.75) is 20.0 Å². The van der Waals surface area contributed by atoms with Crippen LogP contribution in [0.5, 0.6) is 5.75 Å². The second-order valence-electron chi connectivity index (χ2n) is 5.96. The molecule has 0 bridgehead atoms. The van der Waals surface area contributed by atoms with Crippen molar-refractivity contribution in [2.75, 3.05) is 6.61 Å². The van der Waals surface area contributed by atoms with Gasteiger partial charge in [0.1, 0.15) is 18.5 Å². The molecule has 1 unspecified atom stereocenters. The Morgan fingerprint density at radius 3 is 2.77 bits per heavy atom. The summed E-state index contributed by atoms with van der Waals surface area (Å²) in [4.78, 5) is 15.5. The van der Waals surface area contributed by atoms with Gasteiger partial charge in [0.05, 0.1) is 0 Å². The molecule has 0 aromatic heterocycles. The highest BCUT2D eigenvalue weighted by molar-refractivity contribution is 6.02. The first-order valence-corrected chi connectivity index (χ1v) is 8.12. The van der Waals surface area contributed by atoms with Crippen molar-refractivity contribution >= 4 is 17.4 Å². The van der Waals surface area contributed by atoms with E-state index in [4.69, 9.17) is 16.2 Å². The topological polar surface area (TPSA) is 90.7 Å². The molecule has 1 heterocycles. The molecule has 1 aliphatic rings. The molecule has 6 heteroatoms. The minimum atomic E-state index is -1.12. The normalized spacial score (nSPS) is 14.3. The number of ether oxygens (including phenoxy) is 1. The van der Waals surface area contributed by atoms with Crippen LogP contribution in [0.1, 0.15) is 29.8 Å². The second kappa shape index (κ2) is 8.80. The molecule has 0 radical (unpaired) electrons. The van der Waals surface area contributed by atoms with Gasteiger partial charge < -0.3 is 16.2 Å². The Hall–Kier alpha value is -3.15. The molecular formula is C20H22FN3O2. The van der Waals surface area contributed by atoms with E-state index in [1.807, 2.05) is 26.0 Å². The van der Waals surface area contributed by atoms with Crippen molar-refractivity contribution < 1.29 is 13.9 Å². The summed E-state index contributed by atoms with van der Waals surface area (Å²) in [6, 6.07) is 4.98. The Bertz CT molecular complexity index is 827. The predicted molar refractivity (Wildman–Crippen MR) is 103 cm³/mol. The summed E-state index contributed by atoms with van der Waals surface area (Å²) in [6.07, 6.45) is 8.99. The maximum Gasteiger partial charge on any atom is 0.280 e. The lowest BCUT2D eigenvalue weighted by molar-refractivity contribution is 0.100. The minimum absolute atomic E-state index is 0.290. The number of benzene rings is 1. The van der Waals surface area contributed by atoms with Crippen molar-refractivity contribution in [2.24, 2.45) is 16.5 Å². The summed E-state index contributed by atoms with van der Waals surface area (Å²) in [6.45, 7) is 4.11. The molecule has 2 rings (SSSR count). The van der Waals surface area contributed by atoms with Crippen LogP contribution in [0, 0.1) is 0 Å². The minimum Gasteiger partial charge on any atom is -0.489 e. The maximum atomic E-state index is 13.6. The summed E-state index contributed by atoms with van der Waals surface area (Å²) in [7, 11) is 0. The van der Waals surface area contributed by atoms with Gasteiger partial charge in [0.25, 0.3) is 5.91 Å². The van der Waals surface area contributed by atoms with E-state index in [0.717, 1.165) is 16.7 Å². The number of halogens is 1.